The number of amides is 1. The second kappa shape index (κ2) is 8.36. The number of aryl methyl sites for hydroxylation is 1. The second-order valence-electron chi connectivity index (χ2n) is 5.79. The highest BCUT2D eigenvalue weighted by atomic mass is 32.2. The summed E-state index contributed by atoms with van der Waals surface area (Å²) in [6, 6.07) is 0. The molecule has 3 rings (SSSR count). The fourth-order valence-corrected chi connectivity index (χ4v) is 5.82. The maximum absolute atomic E-state index is 12.6. The molecule has 0 spiro atoms. The third kappa shape index (κ3) is 4.18. The third-order valence-corrected chi connectivity index (χ3v) is 7.10. The van der Waals surface area contributed by atoms with E-state index in [4.69, 9.17) is 10.5 Å². The van der Waals surface area contributed by atoms with Crippen LogP contribution in [0.25, 0.3) is 0 Å². The summed E-state index contributed by atoms with van der Waals surface area (Å²) in [7, 11) is 0. The van der Waals surface area contributed by atoms with Gasteiger partial charge in [0.15, 0.2) is 4.34 Å². The Balaban J connectivity index is 1.78. The van der Waals surface area contributed by atoms with E-state index in [1.54, 1.807) is 13.8 Å². The molecule has 140 valence electrons. The Labute approximate surface area is 163 Å². The van der Waals surface area contributed by atoms with E-state index in [2.05, 4.69) is 15.5 Å². The van der Waals surface area contributed by atoms with Gasteiger partial charge < -0.3 is 15.8 Å². The number of nitrogens with two attached hydrogens (primary N) is 1. The van der Waals surface area contributed by atoms with Crippen molar-refractivity contribution in [2.45, 2.75) is 49.1 Å². The monoisotopic (exact) mass is 412 g/mol. The largest absolute Gasteiger partial charge is 0.462 e. The van der Waals surface area contributed by atoms with Gasteiger partial charge in [0.25, 0.3) is 0 Å². The number of hydrogen-bond acceptors (Lipinski definition) is 9. The van der Waals surface area contributed by atoms with Crippen LogP contribution in [0, 0.1) is 0 Å². The number of thiophene rings is 1. The van der Waals surface area contributed by atoms with E-state index in [1.807, 2.05) is 0 Å². The number of thioether (sulfide) groups is 1. The van der Waals surface area contributed by atoms with Crippen LogP contribution in [-0.4, -0.2) is 33.9 Å². The van der Waals surface area contributed by atoms with Gasteiger partial charge in [0.2, 0.25) is 11.0 Å². The molecule has 7 nitrogen and oxygen atoms in total. The molecule has 2 aromatic heterocycles. The molecule has 0 saturated heterocycles. The van der Waals surface area contributed by atoms with Crippen LogP contribution in [0.15, 0.2) is 4.34 Å². The molecule has 1 aliphatic rings. The van der Waals surface area contributed by atoms with Crippen LogP contribution in [0.4, 0.5) is 10.1 Å². The van der Waals surface area contributed by atoms with E-state index < -0.39 is 5.25 Å². The molecule has 2 aromatic rings. The van der Waals surface area contributed by atoms with Gasteiger partial charge in [0.05, 0.1) is 17.4 Å². The van der Waals surface area contributed by atoms with Crippen molar-refractivity contribution in [1.82, 2.24) is 10.2 Å². The lowest BCUT2D eigenvalue weighted by Gasteiger charge is -2.13. The number of ether oxygens (including phenoxy) is 1. The van der Waals surface area contributed by atoms with Gasteiger partial charge in [-0.1, -0.05) is 23.1 Å². The van der Waals surface area contributed by atoms with E-state index in [1.165, 1.54) is 39.3 Å². The van der Waals surface area contributed by atoms with Crippen molar-refractivity contribution in [2.24, 2.45) is 0 Å². The fraction of sp³-hybridized carbons (Fsp3) is 0.500. The summed E-state index contributed by atoms with van der Waals surface area (Å²) in [5.74, 6) is -0.549. The number of carbonyl (C=O) groups is 2. The molecule has 3 N–H and O–H groups in total. The van der Waals surface area contributed by atoms with Crippen molar-refractivity contribution in [1.29, 1.82) is 0 Å². The molecule has 0 saturated carbocycles. The normalized spacial score (nSPS) is 14.5. The molecule has 2 heterocycles. The lowest BCUT2D eigenvalue weighted by atomic mass is 9.95. The molecule has 1 aliphatic carbocycles. The van der Waals surface area contributed by atoms with E-state index in [-0.39, 0.29) is 11.9 Å². The fourth-order valence-electron chi connectivity index (χ4n) is 2.76. The number of fused-ring (bicyclic) bond motifs is 1. The van der Waals surface area contributed by atoms with Gasteiger partial charge in [-0.3, -0.25) is 4.79 Å². The minimum atomic E-state index is -0.392. The Bertz CT molecular complexity index is 818. The first-order valence-electron chi connectivity index (χ1n) is 8.37. The summed E-state index contributed by atoms with van der Waals surface area (Å²) in [4.78, 5) is 26.2. The lowest BCUT2D eigenvalue weighted by Crippen LogP contribution is -2.23. The Hall–Kier alpha value is -1.65. The van der Waals surface area contributed by atoms with Crippen molar-refractivity contribution in [2.75, 3.05) is 17.7 Å². The number of carbonyl (C=O) groups excluding carboxylic acids is 2. The topological polar surface area (TPSA) is 107 Å². The van der Waals surface area contributed by atoms with Gasteiger partial charge in [-0.25, -0.2) is 4.79 Å². The van der Waals surface area contributed by atoms with Gasteiger partial charge in [-0.05, 0) is 45.1 Å². The first-order valence-corrected chi connectivity index (χ1v) is 10.9. The average molecular weight is 413 g/mol. The SMILES string of the molecule is CCOC(=O)c1c(NC(=O)[C@@H](C)Sc2nnc(N)s2)sc2c1CCCC2. The minimum Gasteiger partial charge on any atom is -0.462 e. The summed E-state index contributed by atoms with van der Waals surface area (Å²) < 4.78 is 5.85. The van der Waals surface area contributed by atoms with Crippen molar-refractivity contribution in [3.63, 3.8) is 0 Å². The molecule has 0 aliphatic heterocycles. The Morgan fingerprint density at radius 1 is 1.31 bits per heavy atom. The summed E-state index contributed by atoms with van der Waals surface area (Å²) in [6.45, 7) is 3.87. The minimum absolute atomic E-state index is 0.187. The number of esters is 1. The molecule has 1 amide bonds. The number of hydrogen-bond donors (Lipinski definition) is 2. The predicted octanol–water partition coefficient (Wildman–Crippen LogP) is 3.36. The van der Waals surface area contributed by atoms with Gasteiger partial charge >= 0.3 is 5.97 Å². The number of rotatable bonds is 6. The number of nitrogens with one attached hydrogen (secondary N) is 1. The predicted molar refractivity (Wildman–Crippen MR) is 105 cm³/mol. The van der Waals surface area contributed by atoms with Crippen LogP contribution in [0.1, 0.15) is 47.5 Å². The van der Waals surface area contributed by atoms with Crippen LogP contribution in [0.2, 0.25) is 0 Å². The Morgan fingerprint density at radius 3 is 2.77 bits per heavy atom. The maximum atomic E-state index is 12.6. The highest BCUT2D eigenvalue weighted by Gasteiger charge is 2.28. The zero-order chi connectivity index (χ0) is 18.7. The van der Waals surface area contributed by atoms with Crippen LogP contribution >= 0.6 is 34.4 Å². The molecule has 0 unspecified atom stereocenters. The van der Waals surface area contributed by atoms with E-state index in [0.29, 0.717) is 26.6 Å². The molecule has 26 heavy (non-hydrogen) atoms. The lowest BCUT2D eigenvalue weighted by molar-refractivity contribution is -0.115. The molecule has 0 radical (unpaired) electrons. The van der Waals surface area contributed by atoms with Crippen molar-refractivity contribution in [3.05, 3.63) is 16.0 Å². The number of aromatic nitrogens is 2. The van der Waals surface area contributed by atoms with E-state index in [0.717, 1.165) is 31.2 Å². The van der Waals surface area contributed by atoms with Crippen molar-refractivity contribution >= 4 is 56.4 Å². The molecule has 0 bridgehead atoms. The Kier molecular flexibility index (Phi) is 6.15. The van der Waals surface area contributed by atoms with Gasteiger partial charge in [0, 0.05) is 4.88 Å². The first kappa shape index (κ1) is 19.1. The van der Waals surface area contributed by atoms with E-state index >= 15 is 0 Å². The average Bonchev–Trinajstić information content (AvgIpc) is 3.17. The van der Waals surface area contributed by atoms with Crippen LogP contribution in [0.3, 0.4) is 0 Å². The summed E-state index contributed by atoms with van der Waals surface area (Å²) in [5, 5.41) is 11.2. The number of nitrogen functional groups attached to an aromatic ring is 1. The highest BCUT2D eigenvalue weighted by molar-refractivity contribution is 8.02. The zero-order valence-electron chi connectivity index (χ0n) is 14.5. The first-order chi connectivity index (χ1) is 12.5. The smallest absolute Gasteiger partial charge is 0.341 e. The summed E-state index contributed by atoms with van der Waals surface area (Å²) >= 11 is 4.02. The van der Waals surface area contributed by atoms with Gasteiger partial charge in [0.1, 0.15) is 5.00 Å². The van der Waals surface area contributed by atoms with Gasteiger partial charge in [-0.15, -0.1) is 21.5 Å². The van der Waals surface area contributed by atoms with Crippen LogP contribution in [-0.2, 0) is 22.4 Å². The number of nitrogens with zero attached hydrogens (tertiary/aromatic N) is 2. The summed E-state index contributed by atoms with van der Waals surface area (Å²) in [5.41, 5.74) is 7.13. The maximum Gasteiger partial charge on any atom is 0.341 e. The molecule has 1 atom stereocenters. The quantitative estimate of drug-likeness (QED) is 0.553. The van der Waals surface area contributed by atoms with Crippen molar-refractivity contribution < 1.29 is 14.3 Å². The molecule has 10 heteroatoms. The molecule has 0 aromatic carbocycles. The zero-order valence-corrected chi connectivity index (χ0v) is 17.0. The highest BCUT2D eigenvalue weighted by Crippen LogP contribution is 2.39. The summed E-state index contributed by atoms with van der Waals surface area (Å²) in [6.07, 6.45) is 3.95. The Morgan fingerprint density at radius 2 is 2.08 bits per heavy atom. The second-order valence-corrected chi connectivity index (χ2v) is 9.49. The standard InChI is InChI=1S/C16H20N4O3S3/c1-3-23-14(22)11-9-6-4-5-7-10(9)25-13(11)18-12(21)8(2)24-16-20-19-15(17)26-16/h8H,3-7H2,1-2H3,(H2,17,19)(H,18,21)/t8-/m1/s1. The van der Waals surface area contributed by atoms with Crippen LogP contribution < -0.4 is 11.1 Å². The molecular weight excluding hydrogens is 392 g/mol. The van der Waals surface area contributed by atoms with Crippen molar-refractivity contribution in [3.8, 4) is 0 Å². The third-order valence-electron chi connectivity index (χ3n) is 3.96. The number of anilines is 2. The van der Waals surface area contributed by atoms with Gasteiger partial charge in [-0.2, -0.15) is 0 Å². The molecular formula is C16H20N4O3S3. The van der Waals surface area contributed by atoms with Crippen LogP contribution in [0.5, 0.6) is 0 Å². The molecule has 0 fully saturated rings. The van der Waals surface area contributed by atoms with E-state index in [9.17, 15) is 9.59 Å².